The molecule has 0 spiro atoms. The lowest BCUT2D eigenvalue weighted by Crippen LogP contribution is -2.26. The second-order valence-electron chi connectivity index (χ2n) is 21.5. The van der Waals surface area contributed by atoms with Crippen molar-refractivity contribution < 1.29 is 39.1 Å². The van der Waals surface area contributed by atoms with Gasteiger partial charge in [-0.1, -0.05) is 138 Å². The topological polar surface area (TPSA) is 123 Å². The van der Waals surface area contributed by atoms with Crippen LogP contribution in [0.1, 0.15) is 219 Å². The number of carbonyl (C=O) groups is 2. The summed E-state index contributed by atoms with van der Waals surface area (Å²) in [4.78, 5) is 22.1. The predicted octanol–water partition coefficient (Wildman–Crippen LogP) is 16.0. The van der Waals surface area contributed by atoms with Crippen molar-refractivity contribution in [3.8, 4) is 11.5 Å². The minimum absolute atomic E-state index is 0.0625. The third kappa shape index (κ3) is 16.2. The Morgan fingerprint density at radius 1 is 0.514 bits per heavy atom. The summed E-state index contributed by atoms with van der Waals surface area (Å²) in [6, 6.07) is 26.8. The van der Waals surface area contributed by atoms with Gasteiger partial charge in [0.1, 0.15) is 11.5 Å². The first kappa shape index (κ1) is 59.7. The molecular weight excluding hydrogens is 921 g/mol. The Balaban J connectivity index is 0.000000274. The number of hydrogen-bond donors (Lipinski definition) is 3. The molecule has 2 fully saturated rings. The van der Waals surface area contributed by atoms with Gasteiger partial charge in [0.25, 0.3) is 0 Å². The van der Waals surface area contributed by atoms with Crippen molar-refractivity contribution in [2.75, 3.05) is 19.8 Å². The zero-order valence-electron chi connectivity index (χ0n) is 46.9. The lowest BCUT2D eigenvalue weighted by atomic mass is 9.70. The average Bonchev–Trinajstić information content (AvgIpc) is 4.03. The van der Waals surface area contributed by atoms with E-state index < -0.39 is 17.2 Å². The Bertz CT molecular complexity index is 2460. The lowest BCUT2D eigenvalue weighted by Gasteiger charge is -2.34. The summed E-state index contributed by atoms with van der Waals surface area (Å²) in [6.07, 6.45) is 26.0. The van der Waals surface area contributed by atoms with Crippen molar-refractivity contribution in [3.63, 3.8) is 0 Å². The number of esters is 1. The van der Waals surface area contributed by atoms with E-state index in [1.165, 1.54) is 44.5 Å². The number of aliphatic hydroxyl groups is 2. The fraction of sp³-hybridized carbons (Fsp3) is 0.545. The van der Waals surface area contributed by atoms with Gasteiger partial charge in [0, 0.05) is 23.7 Å². The predicted molar refractivity (Wildman–Crippen MR) is 305 cm³/mol. The molecule has 0 amide bonds. The first-order valence-corrected chi connectivity index (χ1v) is 28.4. The van der Waals surface area contributed by atoms with Crippen molar-refractivity contribution >= 4 is 24.1 Å². The molecule has 4 aromatic carbocycles. The number of carboxylic acids is 1. The van der Waals surface area contributed by atoms with Gasteiger partial charge in [-0.05, 0) is 192 Å². The maximum Gasteiger partial charge on any atom is 0.305 e. The van der Waals surface area contributed by atoms with Gasteiger partial charge in [0.15, 0.2) is 0 Å². The number of carbonyl (C=O) groups excluding carboxylic acids is 1. The van der Waals surface area contributed by atoms with Crippen LogP contribution in [0.2, 0.25) is 0 Å². The minimum Gasteiger partial charge on any atom is -0.493 e. The number of hydrogen-bond acceptors (Lipinski definition) is 7. The summed E-state index contributed by atoms with van der Waals surface area (Å²) >= 11 is 0. The third-order valence-corrected chi connectivity index (χ3v) is 16.5. The van der Waals surface area contributed by atoms with Crippen LogP contribution in [-0.2, 0) is 25.2 Å². The number of rotatable bonds is 27. The van der Waals surface area contributed by atoms with E-state index in [0.29, 0.717) is 32.7 Å². The fourth-order valence-electron chi connectivity index (χ4n) is 11.5. The molecule has 0 aliphatic heterocycles. The molecule has 6 rings (SSSR count). The largest absolute Gasteiger partial charge is 0.493 e. The van der Waals surface area contributed by atoms with Gasteiger partial charge in [-0.3, -0.25) is 9.59 Å². The van der Waals surface area contributed by atoms with Crippen LogP contribution in [0.3, 0.4) is 0 Å². The van der Waals surface area contributed by atoms with Crippen LogP contribution in [0.25, 0.3) is 12.2 Å². The van der Waals surface area contributed by atoms with E-state index in [-0.39, 0.29) is 23.2 Å². The standard InChI is InChI=1S/C34H48O4.C32H44O4/c1-6-34(7-2,29-16-15-28(26(4)24-29)19-22-33(36)20-11-12-21-33)30-17-18-31(27(5)25-30)38-23-13-9-10-14-32(35)37-8-3;1-5-32(6-2,27-14-13-26(24(3)22-27)17-20-31(35)18-9-10-19-31)28-15-16-29(25(4)23-28)36-21-11-7-8-12-30(33)34/h15-19,22,24-25,36H,6-14,20-21,23H2,1-5H3;13-17,20,22-23,35H,5-12,18-19,21H2,1-4H3,(H,33,34)/b22-19+;20-17+. The Hall–Kier alpha value is -5.18. The first-order chi connectivity index (χ1) is 35.5. The molecule has 4 aromatic rings. The fourth-order valence-corrected chi connectivity index (χ4v) is 11.5. The summed E-state index contributed by atoms with van der Waals surface area (Å²) in [5.74, 6) is 0.988. The molecule has 0 bridgehead atoms. The molecule has 74 heavy (non-hydrogen) atoms. The molecule has 2 saturated carbocycles. The number of ether oxygens (including phenoxy) is 3. The van der Waals surface area contributed by atoms with E-state index in [4.69, 9.17) is 19.3 Å². The Morgan fingerprint density at radius 2 is 0.878 bits per heavy atom. The molecular formula is C66H92O8. The summed E-state index contributed by atoms with van der Waals surface area (Å²) in [6.45, 7) is 21.2. The van der Waals surface area contributed by atoms with E-state index in [1.54, 1.807) is 0 Å². The van der Waals surface area contributed by atoms with Crippen molar-refractivity contribution in [2.24, 2.45) is 0 Å². The second kappa shape index (κ2) is 28.6. The molecule has 8 heteroatoms. The normalized spacial score (nSPS) is 15.3. The van der Waals surface area contributed by atoms with E-state index >= 15 is 0 Å². The van der Waals surface area contributed by atoms with Crippen LogP contribution in [0.5, 0.6) is 11.5 Å². The number of carboxylic acid groups (broad SMARTS) is 1. The van der Waals surface area contributed by atoms with Gasteiger partial charge in [-0.25, -0.2) is 0 Å². The van der Waals surface area contributed by atoms with Gasteiger partial charge in [-0.2, -0.15) is 0 Å². The molecule has 0 saturated heterocycles. The average molecular weight is 1010 g/mol. The molecule has 8 nitrogen and oxygen atoms in total. The third-order valence-electron chi connectivity index (χ3n) is 16.5. The Kier molecular flexibility index (Phi) is 23.1. The van der Waals surface area contributed by atoms with Crippen molar-refractivity contribution in [1.82, 2.24) is 0 Å². The first-order valence-electron chi connectivity index (χ1n) is 28.4. The summed E-state index contributed by atoms with van der Waals surface area (Å²) in [5.41, 5.74) is 11.0. The Labute approximate surface area is 446 Å². The summed E-state index contributed by atoms with van der Waals surface area (Å²) in [7, 11) is 0. The van der Waals surface area contributed by atoms with E-state index in [1.807, 2.05) is 19.1 Å². The molecule has 3 N–H and O–H groups in total. The van der Waals surface area contributed by atoms with Gasteiger partial charge < -0.3 is 29.5 Å². The Morgan fingerprint density at radius 3 is 1.22 bits per heavy atom. The number of unbranched alkanes of at least 4 members (excludes halogenated alkanes) is 4. The van der Waals surface area contributed by atoms with Crippen LogP contribution >= 0.6 is 0 Å². The van der Waals surface area contributed by atoms with Crippen LogP contribution in [-0.4, -0.2) is 58.3 Å². The molecule has 2 aliphatic carbocycles. The van der Waals surface area contributed by atoms with Crippen LogP contribution < -0.4 is 9.47 Å². The molecule has 2 aliphatic rings. The maximum atomic E-state index is 11.5. The highest BCUT2D eigenvalue weighted by Gasteiger charge is 2.34. The highest BCUT2D eigenvalue weighted by molar-refractivity contribution is 5.69. The molecule has 404 valence electrons. The van der Waals surface area contributed by atoms with Crippen molar-refractivity contribution in [3.05, 3.63) is 141 Å². The van der Waals surface area contributed by atoms with Gasteiger partial charge in [0.05, 0.1) is 31.0 Å². The zero-order valence-corrected chi connectivity index (χ0v) is 46.9. The van der Waals surface area contributed by atoms with Gasteiger partial charge in [-0.15, -0.1) is 0 Å². The molecule has 0 radical (unpaired) electrons. The van der Waals surface area contributed by atoms with E-state index in [2.05, 4.69) is 140 Å². The SMILES string of the molecule is CCC(CC)(c1ccc(/C=C/C2(O)CCCC2)c(C)c1)c1ccc(OCCCCCC(=O)O)c(C)c1.CCOC(=O)CCCCCOc1ccc(C(CC)(CC)c2ccc(/C=C/C3(O)CCCC3)c(C)c2)cc1C. The molecule has 0 unspecified atom stereocenters. The van der Waals surface area contributed by atoms with Gasteiger partial charge in [0.2, 0.25) is 0 Å². The smallest absolute Gasteiger partial charge is 0.305 e. The number of benzene rings is 4. The molecule has 0 atom stereocenters. The summed E-state index contributed by atoms with van der Waals surface area (Å²) < 4.78 is 17.1. The van der Waals surface area contributed by atoms with Crippen molar-refractivity contribution in [1.29, 1.82) is 0 Å². The monoisotopic (exact) mass is 1010 g/mol. The van der Waals surface area contributed by atoms with Crippen molar-refractivity contribution in [2.45, 2.75) is 213 Å². The van der Waals surface area contributed by atoms with Crippen LogP contribution in [0, 0.1) is 27.7 Å². The highest BCUT2D eigenvalue weighted by atomic mass is 16.5. The number of aryl methyl sites for hydroxylation is 4. The van der Waals surface area contributed by atoms with E-state index in [0.717, 1.165) is 132 Å². The minimum atomic E-state index is -0.735. The second-order valence-corrected chi connectivity index (χ2v) is 21.5. The number of aliphatic carboxylic acids is 1. The van der Waals surface area contributed by atoms with Crippen LogP contribution in [0.15, 0.2) is 84.9 Å². The quantitative estimate of drug-likeness (QED) is 0.0399. The van der Waals surface area contributed by atoms with Crippen LogP contribution in [0.4, 0.5) is 0 Å². The summed E-state index contributed by atoms with van der Waals surface area (Å²) in [5, 5.41) is 30.2. The molecule has 0 aromatic heterocycles. The molecule has 0 heterocycles. The lowest BCUT2D eigenvalue weighted by molar-refractivity contribution is -0.143. The maximum absolute atomic E-state index is 11.5. The highest BCUT2D eigenvalue weighted by Crippen LogP contribution is 2.43. The van der Waals surface area contributed by atoms with E-state index in [9.17, 15) is 19.8 Å². The zero-order chi connectivity index (χ0) is 53.8. The van der Waals surface area contributed by atoms with Gasteiger partial charge >= 0.3 is 11.9 Å².